The zero-order valence-electron chi connectivity index (χ0n) is 79.0. The van der Waals surface area contributed by atoms with Crippen LogP contribution in [0.15, 0.2) is 114 Å². The Hall–Kier alpha value is -15.0. The number of nitro groups is 1. The molecule has 4 aromatic heterocycles. The number of carbonyl (C=O) groups excluding carboxylic acids is 15. The predicted molar refractivity (Wildman–Crippen MR) is 511 cm³/mol. The van der Waals surface area contributed by atoms with E-state index in [1.807, 2.05) is 31.2 Å². The molecule has 45 nitrogen and oxygen atoms in total. The van der Waals surface area contributed by atoms with Crippen molar-refractivity contribution in [3.63, 3.8) is 0 Å². The fourth-order valence-electron chi connectivity index (χ4n) is 17.2. The number of nitrogens with two attached hydrogens (primary N) is 3. The van der Waals surface area contributed by atoms with Gasteiger partial charge in [0.25, 0.3) is 0 Å². The molecule has 0 spiro atoms. The number of amides is 15. The van der Waals surface area contributed by atoms with Crippen molar-refractivity contribution in [2.75, 3.05) is 38.0 Å². The average Bonchev–Trinajstić information content (AvgIpc) is 1.60. The average molecular weight is 1940 g/mol. The molecular formula is C95H128N24O21. The van der Waals surface area contributed by atoms with Crippen LogP contribution in [0.3, 0.4) is 0 Å². The second-order valence-electron chi connectivity index (χ2n) is 36.2. The summed E-state index contributed by atoms with van der Waals surface area (Å²) in [7, 11) is 0. The van der Waals surface area contributed by atoms with Crippen molar-refractivity contribution in [2.45, 2.75) is 261 Å². The summed E-state index contributed by atoms with van der Waals surface area (Å²) >= 11 is 0. The van der Waals surface area contributed by atoms with Crippen molar-refractivity contribution in [1.82, 2.24) is 98.5 Å². The number of non-ortho nitro benzene ring substituents is 1. The van der Waals surface area contributed by atoms with Gasteiger partial charge in [-0.1, -0.05) is 102 Å². The van der Waals surface area contributed by atoms with Gasteiger partial charge in [-0.05, 0) is 166 Å². The van der Waals surface area contributed by atoms with Crippen LogP contribution in [0.5, 0.6) is 5.75 Å². The lowest BCUT2D eigenvalue weighted by molar-refractivity contribution is -0.383. The molecular weight excluding hydrogens is 1810 g/mol. The number of aliphatic carboxylic acids is 1. The number of rotatable bonds is 57. The number of para-hydroxylation sites is 2. The van der Waals surface area contributed by atoms with Crippen molar-refractivity contribution in [1.29, 1.82) is 0 Å². The molecule has 8 aromatic rings. The van der Waals surface area contributed by atoms with Gasteiger partial charge >= 0.3 is 11.7 Å². The number of likely N-dealkylation sites (tertiary alicyclic amines) is 2. The molecule has 2 fully saturated rings. The van der Waals surface area contributed by atoms with Gasteiger partial charge in [0.2, 0.25) is 94.1 Å². The van der Waals surface area contributed by atoms with Crippen LogP contribution in [0.25, 0.3) is 32.8 Å². The number of phenols is 1. The molecule has 23 N–H and O–H groups in total. The highest BCUT2D eigenvalue weighted by molar-refractivity contribution is 6.02. The first-order valence-electron chi connectivity index (χ1n) is 47.5. The molecule has 0 bridgehead atoms. The van der Waals surface area contributed by atoms with Crippen LogP contribution in [0.4, 0.5) is 11.4 Å². The Morgan fingerprint density at radius 1 is 0.507 bits per heavy atom. The molecule has 140 heavy (non-hydrogen) atoms. The van der Waals surface area contributed by atoms with Crippen molar-refractivity contribution in [3.05, 3.63) is 142 Å². The van der Waals surface area contributed by atoms with Crippen molar-refractivity contribution in [2.24, 2.45) is 29.0 Å². The second-order valence-corrected chi connectivity index (χ2v) is 36.2. The lowest BCUT2D eigenvalue weighted by atomic mass is 9.99. The number of H-pyrrole nitrogens is 3. The Morgan fingerprint density at radius 3 is 1.54 bits per heavy atom. The normalized spacial score (nSPS) is 15.7. The van der Waals surface area contributed by atoms with E-state index in [2.05, 4.69) is 94.1 Å². The zero-order chi connectivity index (χ0) is 101. The van der Waals surface area contributed by atoms with Crippen LogP contribution >= 0.6 is 0 Å². The number of anilines is 1. The fourth-order valence-corrected chi connectivity index (χ4v) is 17.2. The van der Waals surface area contributed by atoms with Crippen molar-refractivity contribution < 1.29 is 96.5 Å². The monoisotopic (exact) mass is 1940 g/mol. The quantitative estimate of drug-likeness (QED) is 0.0148. The molecule has 4 aromatic carbocycles. The number of hydrogen-bond donors (Lipinski definition) is 20. The van der Waals surface area contributed by atoms with E-state index < -0.39 is 198 Å². The maximum Gasteiger partial charge on any atom is 0.326 e. The summed E-state index contributed by atoms with van der Waals surface area (Å²) in [6.45, 7) is 8.75. The van der Waals surface area contributed by atoms with Gasteiger partial charge in [-0.25, -0.2) is 14.4 Å². The number of phenolic OH excluding ortho intramolecular Hbond substituents is 1. The summed E-state index contributed by atoms with van der Waals surface area (Å²) in [6, 6.07) is 6.34. The lowest BCUT2D eigenvalue weighted by Gasteiger charge is -2.31. The van der Waals surface area contributed by atoms with E-state index in [4.69, 9.17) is 21.8 Å². The Labute approximate surface area is 806 Å². The highest BCUT2D eigenvalue weighted by atomic mass is 16.6. The topological polar surface area (TPSA) is 685 Å². The summed E-state index contributed by atoms with van der Waals surface area (Å²) in [5.41, 5.74) is 21.0. The molecule has 10 rings (SSSR count). The summed E-state index contributed by atoms with van der Waals surface area (Å²) in [5, 5.41) is 73.4. The number of nitrogens with one attached hydrogen (secondary N) is 15. The number of aromatic amines is 3. The fraction of sp³-hybridized carbons (Fsp3) is 0.505. The lowest BCUT2D eigenvalue weighted by Crippen LogP contribution is -2.61. The SMILES string of the molecule is CCCC[C@H](NC(=O)[C@@H]1CCCN1C(=O)[C@H](CCC(N)=O)NC(=O)CNC(=O)[C@@H]1CCCN1C(=O)[C@H](CCCCN)NC(=O)[C@H](CC(C)C)NC(=O)[C@H](CCC(N)=O)NC(=O)[C@H](CC(C)C)NC(=O)[C@H](Cc1c[nH]c2ccccc12)NC(=O)[C@H](Cc1c[nH]cn1)NC(=O)[C@H](Cc1c[nH]c2ccccc12)NC(=O)CCCCCNc1ccc([N+](=O)[O-])c2nonc12)C(=O)N[C@@H](Cc1ccc(O)cc1)C(=O)O. The van der Waals surface area contributed by atoms with Crippen LogP contribution in [0, 0.1) is 22.0 Å². The van der Waals surface area contributed by atoms with E-state index in [9.17, 15) is 77.9 Å². The first kappa shape index (κ1) is 107. The third-order valence-electron chi connectivity index (χ3n) is 24.5. The van der Waals surface area contributed by atoms with E-state index in [0.717, 1.165) is 10.9 Å². The van der Waals surface area contributed by atoms with Crippen LogP contribution in [0.2, 0.25) is 0 Å². The number of benzene rings is 4. The molecule has 0 unspecified atom stereocenters. The Bertz CT molecular complexity index is 5660. The van der Waals surface area contributed by atoms with E-state index >= 15 is 19.2 Å². The molecule has 2 saturated heterocycles. The molecule has 2 aliphatic heterocycles. The van der Waals surface area contributed by atoms with Crippen molar-refractivity contribution >= 4 is 139 Å². The van der Waals surface area contributed by atoms with Gasteiger partial charge in [0.05, 0.1) is 29.2 Å². The molecule has 15 amide bonds. The number of primary amides is 2. The smallest absolute Gasteiger partial charge is 0.326 e. The third-order valence-corrected chi connectivity index (χ3v) is 24.5. The molecule has 0 saturated carbocycles. The van der Waals surface area contributed by atoms with E-state index in [0.29, 0.717) is 96.9 Å². The van der Waals surface area contributed by atoms with Gasteiger partial charge < -0.3 is 116 Å². The maximum atomic E-state index is 15.4. The predicted octanol–water partition coefficient (Wildman–Crippen LogP) is 2.44. The third kappa shape index (κ3) is 31.3. The number of carboxylic acids is 1. The minimum Gasteiger partial charge on any atom is -0.508 e. The number of nitrogens with zero attached hydrogens (tertiary/aromatic N) is 6. The summed E-state index contributed by atoms with van der Waals surface area (Å²) < 4.78 is 4.78. The number of unbranched alkanes of at least 4 members (excludes halogenated alkanes) is 4. The highest BCUT2D eigenvalue weighted by Crippen LogP contribution is 2.31. The van der Waals surface area contributed by atoms with Gasteiger partial charge in [-0.2, -0.15) is 0 Å². The second kappa shape index (κ2) is 52.6. The van der Waals surface area contributed by atoms with Crippen LogP contribution in [0.1, 0.15) is 185 Å². The van der Waals surface area contributed by atoms with Gasteiger partial charge in [-0.3, -0.25) is 82.0 Å². The van der Waals surface area contributed by atoms with E-state index in [1.165, 1.54) is 58.7 Å². The molecule has 0 radical (unpaired) electrons. The Morgan fingerprint density at radius 2 is 0.993 bits per heavy atom. The summed E-state index contributed by atoms with van der Waals surface area (Å²) in [6.07, 6.45) is 7.91. The zero-order valence-corrected chi connectivity index (χ0v) is 79.0. The van der Waals surface area contributed by atoms with Gasteiger partial charge in [-0.15, -0.1) is 0 Å². The van der Waals surface area contributed by atoms with Crippen LogP contribution in [-0.2, 0) is 102 Å². The molecule has 754 valence electrons. The molecule has 6 heterocycles. The van der Waals surface area contributed by atoms with Crippen LogP contribution in [-0.4, -0.2) is 255 Å². The number of aromatic nitrogens is 6. The Kier molecular flexibility index (Phi) is 40.2. The summed E-state index contributed by atoms with van der Waals surface area (Å²) in [5.74, 6) is -14.3. The first-order valence-corrected chi connectivity index (χ1v) is 47.5. The number of nitro benzene ring substituents is 1. The van der Waals surface area contributed by atoms with Crippen molar-refractivity contribution in [3.8, 4) is 5.75 Å². The maximum absolute atomic E-state index is 15.4. The van der Waals surface area contributed by atoms with E-state index in [-0.39, 0.29) is 137 Å². The number of fused-ring (bicyclic) bond motifs is 3. The highest BCUT2D eigenvalue weighted by Gasteiger charge is 2.43. The number of carboxylic acid groups (broad SMARTS) is 1. The number of carbonyl (C=O) groups is 16. The minimum absolute atomic E-state index is 0.0123. The van der Waals surface area contributed by atoms with E-state index in [1.54, 1.807) is 64.4 Å². The van der Waals surface area contributed by atoms with Gasteiger partial charge in [0, 0.05) is 111 Å². The van der Waals surface area contributed by atoms with Gasteiger partial charge in [0.1, 0.15) is 78.3 Å². The number of hydrogen-bond acceptors (Lipinski definition) is 25. The standard InChI is InChI=1S/C95H128N24O21/c1-6-7-21-65(84(125)114-74(95(136)137)44-55-28-30-59(120)31-29-55)108-92(133)77-26-18-41-118(77)94(135)68(34-37-79(98)122)105-81(124)51-103-91(132)76-25-17-40-117(76)93(134)67(24-14-15-38-96)109-87(128)70(43-54(4)5)110-85(126)66(33-36-78(97)121)107-86(127)69(42-53(2)3)111-89(130)72(46-57-49-102-63-23-13-11-20-61(57)63)112-90(131)73(47-58-50-99-52-104-58)113-88(129)71(45-56-48-101-62-22-12-10-19-60(56)62)106-80(123)27-9-8-16-39-100-64-32-35-75(119(138)139)83-82(64)115-140-116-83/h10-13,19-20,22-23,28-32,35,48-50,52-54,65-74,76-77,100-102,120H,6-9,14-18,21,24-27,33-34,36-47,51,96H2,1-5H3,(H2,97,121)(H2,98,122)(H,99,104)(H,103,132)(H,105,124)(H,106,123)(H,107,127)(H,108,133)(H,109,128)(H,110,126)(H,111,130)(H,112,131)(H,113,129)(H,114,125)(H,136,137)/t65-,66-,67-,68-,69-,70-,71-,72-,73-,74-,76-,77-/m0/s1. The summed E-state index contributed by atoms with van der Waals surface area (Å²) in [4.78, 5) is 255. The molecule has 0 aliphatic carbocycles. The first-order chi connectivity index (χ1) is 67.1. The minimum atomic E-state index is -1.63. The molecule has 12 atom stereocenters. The molecule has 2 aliphatic rings. The molecule has 45 heteroatoms. The van der Waals surface area contributed by atoms with Gasteiger partial charge in [0.15, 0.2) is 5.52 Å². The number of aromatic hydroxyl groups is 1. The Balaban J connectivity index is 0.797. The number of imidazole rings is 1. The largest absolute Gasteiger partial charge is 0.508 e. The van der Waals surface area contributed by atoms with Crippen LogP contribution < -0.4 is 81.0 Å².